The third kappa shape index (κ3) is 4.53. The predicted octanol–water partition coefficient (Wildman–Crippen LogP) is 3.27. The quantitative estimate of drug-likeness (QED) is 0.885. The molecule has 6 heteroatoms. The van der Waals surface area contributed by atoms with Gasteiger partial charge in [0.05, 0.1) is 12.6 Å². The summed E-state index contributed by atoms with van der Waals surface area (Å²) in [5, 5.41) is 14.1. The molecule has 1 aromatic carbocycles. The third-order valence-electron chi connectivity index (χ3n) is 2.95. The highest BCUT2D eigenvalue weighted by Crippen LogP contribution is 2.20. The van der Waals surface area contributed by atoms with Crippen LogP contribution >= 0.6 is 0 Å². The van der Waals surface area contributed by atoms with Gasteiger partial charge in [-0.25, -0.2) is 4.39 Å². The predicted molar refractivity (Wildman–Crippen MR) is 79.3 cm³/mol. The van der Waals surface area contributed by atoms with Crippen LogP contribution in [0.25, 0.3) is 0 Å². The SMILES string of the molecule is CC(Nc1nnc(CNC(C)(C)C)o1)c1ccccc1F. The van der Waals surface area contributed by atoms with E-state index >= 15 is 0 Å². The fraction of sp³-hybridized carbons (Fsp3) is 0.467. The lowest BCUT2D eigenvalue weighted by Crippen LogP contribution is -2.35. The van der Waals surface area contributed by atoms with Gasteiger partial charge in [0.15, 0.2) is 0 Å². The Kier molecular flexibility index (Phi) is 4.57. The first-order chi connectivity index (χ1) is 9.85. The van der Waals surface area contributed by atoms with E-state index in [1.165, 1.54) is 6.07 Å². The average molecular weight is 292 g/mol. The molecule has 1 unspecified atom stereocenters. The van der Waals surface area contributed by atoms with Crippen molar-refractivity contribution in [3.8, 4) is 0 Å². The molecule has 0 aliphatic carbocycles. The van der Waals surface area contributed by atoms with Crippen LogP contribution in [0.1, 0.15) is 45.2 Å². The summed E-state index contributed by atoms with van der Waals surface area (Å²) in [4.78, 5) is 0. The zero-order valence-electron chi connectivity index (χ0n) is 12.8. The van der Waals surface area contributed by atoms with E-state index in [2.05, 4.69) is 41.6 Å². The number of hydrogen-bond donors (Lipinski definition) is 2. The number of nitrogens with one attached hydrogen (secondary N) is 2. The molecule has 0 aliphatic heterocycles. The van der Waals surface area contributed by atoms with Gasteiger partial charge in [0.1, 0.15) is 5.82 Å². The molecule has 1 aromatic heterocycles. The van der Waals surface area contributed by atoms with Crippen molar-refractivity contribution < 1.29 is 8.81 Å². The number of rotatable bonds is 5. The van der Waals surface area contributed by atoms with Crippen molar-refractivity contribution in [1.82, 2.24) is 15.5 Å². The van der Waals surface area contributed by atoms with Crippen molar-refractivity contribution in [2.45, 2.75) is 45.8 Å². The van der Waals surface area contributed by atoms with Gasteiger partial charge in [0.2, 0.25) is 5.89 Å². The van der Waals surface area contributed by atoms with Gasteiger partial charge in [-0.05, 0) is 33.8 Å². The summed E-state index contributed by atoms with van der Waals surface area (Å²) in [6, 6.07) is 6.65. The lowest BCUT2D eigenvalue weighted by atomic mass is 10.1. The van der Waals surface area contributed by atoms with Gasteiger partial charge < -0.3 is 15.1 Å². The fourth-order valence-corrected chi connectivity index (χ4v) is 1.81. The summed E-state index contributed by atoms with van der Waals surface area (Å²) in [5.41, 5.74) is 0.535. The average Bonchev–Trinajstić information content (AvgIpc) is 2.83. The molecule has 0 saturated carbocycles. The largest absolute Gasteiger partial charge is 0.407 e. The first kappa shape index (κ1) is 15.4. The van der Waals surface area contributed by atoms with E-state index in [1.807, 2.05) is 6.92 Å². The Morgan fingerprint density at radius 1 is 1.24 bits per heavy atom. The minimum atomic E-state index is -0.258. The summed E-state index contributed by atoms with van der Waals surface area (Å²) in [6.07, 6.45) is 0. The second-order valence-electron chi connectivity index (χ2n) is 5.99. The Balaban J connectivity index is 1.98. The van der Waals surface area contributed by atoms with Crippen molar-refractivity contribution in [1.29, 1.82) is 0 Å². The molecule has 0 bridgehead atoms. The Morgan fingerprint density at radius 3 is 2.62 bits per heavy atom. The number of anilines is 1. The maximum absolute atomic E-state index is 13.7. The lowest BCUT2D eigenvalue weighted by Gasteiger charge is -2.18. The van der Waals surface area contributed by atoms with E-state index < -0.39 is 0 Å². The van der Waals surface area contributed by atoms with Crippen molar-refractivity contribution in [2.24, 2.45) is 0 Å². The van der Waals surface area contributed by atoms with E-state index in [0.717, 1.165) is 0 Å². The highest BCUT2D eigenvalue weighted by molar-refractivity contribution is 5.29. The van der Waals surface area contributed by atoms with Gasteiger partial charge >= 0.3 is 6.01 Å². The van der Waals surface area contributed by atoms with Gasteiger partial charge in [-0.3, -0.25) is 0 Å². The monoisotopic (exact) mass is 292 g/mol. The molecule has 0 radical (unpaired) electrons. The smallest absolute Gasteiger partial charge is 0.315 e. The first-order valence-electron chi connectivity index (χ1n) is 6.93. The van der Waals surface area contributed by atoms with Crippen LogP contribution in [0.2, 0.25) is 0 Å². The molecule has 0 spiro atoms. The van der Waals surface area contributed by atoms with E-state index in [-0.39, 0.29) is 23.4 Å². The highest BCUT2D eigenvalue weighted by Gasteiger charge is 2.15. The fourth-order valence-electron chi connectivity index (χ4n) is 1.81. The standard InChI is InChI=1S/C15H21FN4O/c1-10(11-7-5-6-8-12(11)16)18-14-20-19-13(21-14)9-17-15(2,3)4/h5-8,10,17H,9H2,1-4H3,(H,18,20). The summed E-state index contributed by atoms with van der Waals surface area (Å²) in [7, 11) is 0. The van der Waals surface area contributed by atoms with Crippen LogP contribution in [0.4, 0.5) is 10.4 Å². The van der Waals surface area contributed by atoms with E-state index in [0.29, 0.717) is 18.0 Å². The molecule has 2 N–H and O–H groups in total. The molecule has 1 atom stereocenters. The van der Waals surface area contributed by atoms with Crippen LogP contribution in [0.15, 0.2) is 28.7 Å². The summed E-state index contributed by atoms with van der Waals surface area (Å²) in [6.45, 7) is 8.51. The van der Waals surface area contributed by atoms with E-state index in [1.54, 1.807) is 18.2 Å². The molecule has 0 aliphatic rings. The molecule has 0 saturated heterocycles. The van der Waals surface area contributed by atoms with Crippen LogP contribution in [-0.2, 0) is 6.54 Å². The number of hydrogen-bond acceptors (Lipinski definition) is 5. The molecule has 114 valence electrons. The van der Waals surface area contributed by atoms with Crippen LogP contribution in [0.5, 0.6) is 0 Å². The second-order valence-corrected chi connectivity index (χ2v) is 5.99. The molecule has 21 heavy (non-hydrogen) atoms. The van der Waals surface area contributed by atoms with Gasteiger partial charge in [-0.15, -0.1) is 5.10 Å². The zero-order chi connectivity index (χ0) is 15.5. The molecule has 2 aromatic rings. The highest BCUT2D eigenvalue weighted by atomic mass is 19.1. The molecule has 0 fully saturated rings. The topological polar surface area (TPSA) is 63.0 Å². The van der Waals surface area contributed by atoms with Crippen LogP contribution in [0.3, 0.4) is 0 Å². The van der Waals surface area contributed by atoms with Crippen LogP contribution in [0, 0.1) is 5.82 Å². The van der Waals surface area contributed by atoms with Crippen LogP contribution < -0.4 is 10.6 Å². The minimum absolute atomic E-state index is 0.0253. The van der Waals surface area contributed by atoms with E-state index in [9.17, 15) is 4.39 Å². The molecule has 1 heterocycles. The Morgan fingerprint density at radius 2 is 1.95 bits per heavy atom. The second kappa shape index (κ2) is 6.22. The summed E-state index contributed by atoms with van der Waals surface area (Å²) in [5.74, 6) is 0.236. The maximum Gasteiger partial charge on any atom is 0.315 e. The summed E-state index contributed by atoms with van der Waals surface area (Å²) >= 11 is 0. The van der Waals surface area contributed by atoms with E-state index in [4.69, 9.17) is 4.42 Å². The number of benzene rings is 1. The molecule has 5 nitrogen and oxygen atoms in total. The number of halogens is 1. The minimum Gasteiger partial charge on any atom is -0.407 e. The normalized spacial score (nSPS) is 13.2. The molecular formula is C15H21FN4O. The Labute approximate surface area is 124 Å². The lowest BCUT2D eigenvalue weighted by molar-refractivity contribution is 0.383. The van der Waals surface area contributed by atoms with Gasteiger partial charge in [0.25, 0.3) is 0 Å². The first-order valence-corrected chi connectivity index (χ1v) is 6.93. The van der Waals surface area contributed by atoms with Gasteiger partial charge in [0, 0.05) is 11.1 Å². The Hall–Kier alpha value is -1.95. The molecule has 2 rings (SSSR count). The Bertz CT molecular complexity index is 591. The zero-order valence-corrected chi connectivity index (χ0v) is 12.8. The third-order valence-corrected chi connectivity index (χ3v) is 2.95. The van der Waals surface area contributed by atoms with Crippen molar-refractivity contribution in [3.63, 3.8) is 0 Å². The van der Waals surface area contributed by atoms with Crippen molar-refractivity contribution in [3.05, 3.63) is 41.5 Å². The molecular weight excluding hydrogens is 271 g/mol. The number of aromatic nitrogens is 2. The van der Waals surface area contributed by atoms with Crippen molar-refractivity contribution >= 4 is 6.01 Å². The van der Waals surface area contributed by atoms with Crippen molar-refractivity contribution in [2.75, 3.05) is 5.32 Å². The number of nitrogens with zero attached hydrogens (tertiary/aromatic N) is 2. The summed E-state index contributed by atoms with van der Waals surface area (Å²) < 4.78 is 19.2. The van der Waals surface area contributed by atoms with Gasteiger partial charge in [-0.2, -0.15) is 0 Å². The van der Waals surface area contributed by atoms with Crippen LogP contribution in [-0.4, -0.2) is 15.7 Å². The van der Waals surface area contributed by atoms with Gasteiger partial charge in [-0.1, -0.05) is 23.3 Å². The molecule has 0 amide bonds. The maximum atomic E-state index is 13.7.